The van der Waals surface area contributed by atoms with Crippen LogP contribution < -0.4 is 0 Å². The molecule has 1 aromatic rings. The zero-order chi connectivity index (χ0) is 16.0. The molecule has 0 radical (unpaired) electrons. The van der Waals surface area contributed by atoms with Gasteiger partial charge in [-0.25, -0.2) is 0 Å². The summed E-state index contributed by atoms with van der Waals surface area (Å²) in [5.41, 5.74) is 1.44. The monoisotopic (exact) mass is 305 g/mol. The number of phenolic OH excluding ortho intramolecular Hbond substituents is 1. The number of phenols is 1. The first-order valence-corrected chi connectivity index (χ1v) is 8.69. The Morgan fingerprint density at radius 3 is 2.82 bits per heavy atom. The molecule has 0 bridgehead atoms. The predicted octanol–water partition coefficient (Wildman–Crippen LogP) is 3.95. The summed E-state index contributed by atoms with van der Waals surface area (Å²) in [5, 5.41) is 9.86. The van der Waals surface area contributed by atoms with Crippen molar-refractivity contribution < 1.29 is 9.84 Å². The SMILES string of the molecule is CCC1(c2cccc(O)c2)CCCCN(CCOC(C)C)C1. The lowest BCUT2D eigenvalue weighted by molar-refractivity contribution is 0.0553. The van der Waals surface area contributed by atoms with E-state index in [1.165, 1.54) is 24.8 Å². The van der Waals surface area contributed by atoms with Gasteiger partial charge in [0.25, 0.3) is 0 Å². The molecule has 1 saturated heterocycles. The van der Waals surface area contributed by atoms with E-state index in [1.54, 1.807) is 6.07 Å². The number of likely N-dealkylation sites (tertiary alicyclic amines) is 1. The Hall–Kier alpha value is -1.06. The highest BCUT2D eigenvalue weighted by Crippen LogP contribution is 2.37. The van der Waals surface area contributed by atoms with Gasteiger partial charge in [0.15, 0.2) is 0 Å². The Kier molecular flexibility index (Phi) is 6.27. The van der Waals surface area contributed by atoms with Gasteiger partial charge in [0, 0.05) is 18.5 Å². The third kappa shape index (κ3) is 4.47. The van der Waals surface area contributed by atoms with Crippen molar-refractivity contribution >= 4 is 0 Å². The molecule has 0 saturated carbocycles. The normalized spacial score (nSPS) is 23.6. The van der Waals surface area contributed by atoms with E-state index in [0.717, 1.165) is 32.7 Å². The van der Waals surface area contributed by atoms with Gasteiger partial charge in [0.05, 0.1) is 12.7 Å². The van der Waals surface area contributed by atoms with Crippen LogP contribution in [0.1, 0.15) is 52.0 Å². The average molecular weight is 305 g/mol. The molecule has 0 spiro atoms. The molecule has 0 aromatic heterocycles. The summed E-state index contributed by atoms with van der Waals surface area (Å²) < 4.78 is 5.73. The molecular weight excluding hydrogens is 274 g/mol. The number of rotatable bonds is 6. The maximum Gasteiger partial charge on any atom is 0.115 e. The quantitative estimate of drug-likeness (QED) is 0.864. The zero-order valence-electron chi connectivity index (χ0n) is 14.3. The standard InChI is InChI=1S/C19H31NO2/c1-4-19(17-8-7-9-18(21)14-17)10-5-6-11-20(15-19)12-13-22-16(2)3/h7-9,14,16,21H,4-6,10-13,15H2,1-3H3. The second-order valence-corrected chi connectivity index (χ2v) is 6.84. The van der Waals surface area contributed by atoms with Gasteiger partial charge < -0.3 is 14.7 Å². The van der Waals surface area contributed by atoms with Crippen molar-refractivity contribution in [1.29, 1.82) is 0 Å². The maximum atomic E-state index is 9.86. The summed E-state index contributed by atoms with van der Waals surface area (Å²) in [4.78, 5) is 2.54. The van der Waals surface area contributed by atoms with Crippen LogP contribution in [0.2, 0.25) is 0 Å². The molecule has 1 aromatic carbocycles. The van der Waals surface area contributed by atoms with Crippen molar-refractivity contribution in [2.75, 3.05) is 26.2 Å². The molecule has 2 rings (SSSR count). The van der Waals surface area contributed by atoms with E-state index in [1.807, 2.05) is 12.1 Å². The number of benzene rings is 1. The lowest BCUT2D eigenvalue weighted by Gasteiger charge is -2.36. The molecule has 1 fully saturated rings. The van der Waals surface area contributed by atoms with Crippen LogP contribution in [0.25, 0.3) is 0 Å². The lowest BCUT2D eigenvalue weighted by Crippen LogP contribution is -2.40. The molecule has 1 unspecified atom stereocenters. The second-order valence-electron chi connectivity index (χ2n) is 6.84. The topological polar surface area (TPSA) is 32.7 Å². The van der Waals surface area contributed by atoms with Crippen molar-refractivity contribution in [1.82, 2.24) is 4.90 Å². The first-order chi connectivity index (χ1) is 10.6. The van der Waals surface area contributed by atoms with E-state index >= 15 is 0 Å². The smallest absolute Gasteiger partial charge is 0.115 e. The summed E-state index contributed by atoms with van der Waals surface area (Å²) in [5.74, 6) is 0.379. The van der Waals surface area contributed by atoms with E-state index in [4.69, 9.17) is 4.74 Å². The van der Waals surface area contributed by atoms with Gasteiger partial charge in [-0.15, -0.1) is 0 Å². The van der Waals surface area contributed by atoms with E-state index in [2.05, 4.69) is 31.7 Å². The predicted molar refractivity (Wildman–Crippen MR) is 91.5 cm³/mol. The number of ether oxygens (including phenoxy) is 1. The molecule has 1 heterocycles. The summed E-state index contributed by atoms with van der Waals surface area (Å²) in [6.45, 7) is 10.5. The lowest BCUT2D eigenvalue weighted by atomic mass is 9.74. The van der Waals surface area contributed by atoms with Crippen LogP contribution in [-0.4, -0.2) is 42.4 Å². The Bertz CT molecular complexity index is 461. The fourth-order valence-electron chi connectivity index (χ4n) is 3.56. The second kappa shape index (κ2) is 7.98. The summed E-state index contributed by atoms with van der Waals surface area (Å²) in [6, 6.07) is 7.87. The van der Waals surface area contributed by atoms with Crippen LogP contribution in [0.5, 0.6) is 5.75 Å². The van der Waals surface area contributed by atoms with E-state index < -0.39 is 0 Å². The van der Waals surface area contributed by atoms with Crippen molar-refractivity contribution in [2.24, 2.45) is 0 Å². The molecule has 0 aliphatic carbocycles. The van der Waals surface area contributed by atoms with E-state index in [-0.39, 0.29) is 5.41 Å². The molecule has 1 N–H and O–H groups in total. The van der Waals surface area contributed by atoms with Gasteiger partial charge in [-0.2, -0.15) is 0 Å². The molecule has 124 valence electrons. The maximum absolute atomic E-state index is 9.86. The number of aromatic hydroxyl groups is 1. The number of hydrogen-bond donors (Lipinski definition) is 1. The van der Waals surface area contributed by atoms with E-state index in [9.17, 15) is 5.11 Å². The third-order valence-corrected chi connectivity index (χ3v) is 4.90. The van der Waals surface area contributed by atoms with Crippen LogP contribution in [-0.2, 0) is 10.2 Å². The van der Waals surface area contributed by atoms with Crippen molar-refractivity contribution in [3.05, 3.63) is 29.8 Å². The number of nitrogens with zero attached hydrogens (tertiary/aromatic N) is 1. The Morgan fingerprint density at radius 1 is 1.32 bits per heavy atom. The Balaban J connectivity index is 2.11. The zero-order valence-corrected chi connectivity index (χ0v) is 14.3. The van der Waals surface area contributed by atoms with Gasteiger partial charge in [-0.1, -0.05) is 25.5 Å². The van der Waals surface area contributed by atoms with Gasteiger partial charge in [-0.3, -0.25) is 0 Å². The summed E-state index contributed by atoms with van der Waals surface area (Å²) in [7, 11) is 0. The highest BCUT2D eigenvalue weighted by atomic mass is 16.5. The first-order valence-electron chi connectivity index (χ1n) is 8.69. The van der Waals surface area contributed by atoms with Crippen LogP contribution in [0, 0.1) is 0 Å². The summed E-state index contributed by atoms with van der Waals surface area (Å²) >= 11 is 0. The minimum Gasteiger partial charge on any atom is -0.508 e. The molecular formula is C19H31NO2. The van der Waals surface area contributed by atoms with Crippen molar-refractivity contribution in [3.8, 4) is 5.75 Å². The van der Waals surface area contributed by atoms with Crippen LogP contribution in [0.15, 0.2) is 24.3 Å². The molecule has 1 aliphatic heterocycles. The summed E-state index contributed by atoms with van der Waals surface area (Å²) in [6.07, 6.45) is 5.12. The van der Waals surface area contributed by atoms with Crippen LogP contribution in [0.4, 0.5) is 0 Å². The van der Waals surface area contributed by atoms with Crippen molar-refractivity contribution in [3.63, 3.8) is 0 Å². The van der Waals surface area contributed by atoms with Gasteiger partial charge in [0.2, 0.25) is 0 Å². The van der Waals surface area contributed by atoms with Gasteiger partial charge in [-0.05, 0) is 57.4 Å². The average Bonchev–Trinajstić information content (AvgIpc) is 2.70. The molecule has 3 heteroatoms. The highest BCUT2D eigenvalue weighted by molar-refractivity contribution is 5.33. The molecule has 1 atom stereocenters. The minimum absolute atomic E-state index is 0.160. The highest BCUT2D eigenvalue weighted by Gasteiger charge is 2.34. The minimum atomic E-state index is 0.160. The Labute approximate surface area is 135 Å². The van der Waals surface area contributed by atoms with Crippen LogP contribution >= 0.6 is 0 Å². The largest absolute Gasteiger partial charge is 0.508 e. The molecule has 0 amide bonds. The first kappa shape index (κ1) is 17.3. The van der Waals surface area contributed by atoms with Gasteiger partial charge >= 0.3 is 0 Å². The molecule has 22 heavy (non-hydrogen) atoms. The Morgan fingerprint density at radius 2 is 2.14 bits per heavy atom. The van der Waals surface area contributed by atoms with Crippen molar-refractivity contribution in [2.45, 2.75) is 58.0 Å². The van der Waals surface area contributed by atoms with Crippen LogP contribution in [0.3, 0.4) is 0 Å². The fraction of sp³-hybridized carbons (Fsp3) is 0.684. The fourth-order valence-corrected chi connectivity index (χ4v) is 3.56. The molecule has 1 aliphatic rings. The third-order valence-electron chi connectivity index (χ3n) is 4.90. The van der Waals surface area contributed by atoms with E-state index in [0.29, 0.717) is 11.9 Å². The van der Waals surface area contributed by atoms with Gasteiger partial charge in [0.1, 0.15) is 5.75 Å². The molecule has 3 nitrogen and oxygen atoms in total. The number of hydrogen-bond acceptors (Lipinski definition) is 3.